The van der Waals surface area contributed by atoms with E-state index in [9.17, 15) is 18.0 Å². The molecule has 2 aromatic rings. The number of ether oxygens (including phenoxy) is 2. The summed E-state index contributed by atoms with van der Waals surface area (Å²) in [7, 11) is 0. The van der Waals surface area contributed by atoms with Crippen molar-refractivity contribution in [2.45, 2.75) is 13.1 Å². The molecule has 23 heavy (non-hydrogen) atoms. The van der Waals surface area contributed by atoms with Crippen LogP contribution in [0.15, 0.2) is 34.9 Å². The first-order chi connectivity index (χ1) is 10.8. The Morgan fingerprint density at radius 3 is 2.48 bits per heavy atom. The summed E-state index contributed by atoms with van der Waals surface area (Å²) in [6.07, 6.45) is -4.46. The molecule has 0 saturated heterocycles. The van der Waals surface area contributed by atoms with Gasteiger partial charge in [0.2, 0.25) is 0 Å². The fourth-order valence-corrected chi connectivity index (χ4v) is 1.60. The highest BCUT2D eigenvalue weighted by atomic mass is 19.4. The molecule has 1 heterocycles. The predicted octanol–water partition coefficient (Wildman–Crippen LogP) is 2.94. The number of rotatable bonds is 6. The van der Waals surface area contributed by atoms with Gasteiger partial charge < -0.3 is 19.3 Å². The summed E-state index contributed by atoms with van der Waals surface area (Å²) >= 11 is 0. The molecule has 0 aliphatic rings. The van der Waals surface area contributed by atoms with Gasteiger partial charge in [-0.1, -0.05) is 17.3 Å². The average Bonchev–Trinajstić information content (AvgIpc) is 2.88. The van der Waals surface area contributed by atoms with Gasteiger partial charge in [0.25, 0.3) is 5.91 Å². The van der Waals surface area contributed by atoms with Crippen LogP contribution >= 0.6 is 0 Å². The van der Waals surface area contributed by atoms with Crippen molar-refractivity contribution in [1.29, 1.82) is 0 Å². The molecule has 9 heteroatoms. The molecule has 0 spiro atoms. The Morgan fingerprint density at radius 1 is 1.26 bits per heavy atom. The fourth-order valence-electron chi connectivity index (χ4n) is 1.60. The zero-order valence-electron chi connectivity index (χ0n) is 12.0. The normalized spacial score (nSPS) is 11.1. The lowest BCUT2D eigenvalue weighted by molar-refractivity contribution is -0.153. The second-order valence-electron chi connectivity index (χ2n) is 4.51. The Bertz CT molecular complexity index is 670. The minimum atomic E-state index is -4.46. The highest BCUT2D eigenvalue weighted by Gasteiger charge is 2.29. The van der Waals surface area contributed by atoms with Crippen molar-refractivity contribution in [2.24, 2.45) is 0 Å². The van der Waals surface area contributed by atoms with Crippen LogP contribution < -0.4 is 14.8 Å². The third-order valence-corrected chi connectivity index (χ3v) is 2.49. The van der Waals surface area contributed by atoms with Crippen LogP contribution in [0.3, 0.4) is 0 Å². The molecule has 0 bridgehead atoms. The van der Waals surface area contributed by atoms with Crippen molar-refractivity contribution in [3.63, 3.8) is 0 Å². The number of carbonyl (C=O) groups is 1. The number of halogens is 3. The van der Waals surface area contributed by atoms with Crippen molar-refractivity contribution >= 4 is 11.7 Å². The molecule has 0 aliphatic heterocycles. The number of hydrogen-bond acceptors (Lipinski definition) is 5. The molecule has 0 saturated carbocycles. The average molecular weight is 330 g/mol. The van der Waals surface area contributed by atoms with Gasteiger partial charge in [-0.15, -0.1) is 0 Å². The van der Waals surface area contributed by atoms with Gasteiger partial charge in [0, 0.05) is 6.07 Å². The van der Waals surface area contributed by atoms with E-state index >= 15 is 0 Å². The maximum atomic E-state index is 12.2. The Kier molecular flexibility index (Phi) is 5.09. The third kappa shape index (κ3) is 5.53. The Balaban J connectivity index is 1.91. The zero-order valence-corrected chi connectivity index (χ0v) is 12.0. The molecule has 124 valence electrons. The monoisotopic (exact) mass is 330 g/mol. The van der Waals surface area contributed by atoms with Gasteiger partial charge in [0.15, 0.2) is 30.5 Å². The highest BCUT2D eigenvalue weighted by molar-refractivity contribution is 5.90. The molecule has 0 atom stereocenters. The van der Waals surface area contributed by atoms with E-state index in [1.54, 1.807) is 13.0 Å². The number of hydrogen-bond donors (Lipinski definition) is 1. The van der Waals surface area contributed by atoms with Crippen LogP contribution in [0.2, 0.25) is 0 Å². The number of para-hydroxylation sites is 2. The van der Waals surface area contributed by atoms with Crippen LogP contribution in [0.1, 0.15) is 5.76 Å². The topological polar surface area (TPSA) is 73.6 Å². The van der Waals surface area contributed by atoms with Gasteiger partial charge in [-0.3, -0.25) is 4.79 Å². The summed E-state index contributed by atoms with van der Waals surface area (Å²) in [5, 5.41) is 5.99. The Morgan fingerprint density at radius 2 is 1.91 bits per heavy atom. The second kappa shape index (κ2) is 7.03. The standard InChI is InChI=1S/C14H13F3N2O4/c1-9-6-12(19-23-9)18-13(20)7-21-10-4-2-3-5-11(10)22-8-14(15,16)17/h2-6H,7-8H2,1H3,(H,18,19,20). The van der Waals surface area contributed by atoms with Crippen LogP contribution in [0.5, 0.6) is 11.5 Å². The first-order valence-electron chi connectivity index (χ1n) is 6.48. The molecule has 0 aliphatic carbocycles. The van der Waals surface area contributed by atoms with E-state index in [4.69, 9.17) is 9.26 Å². The molecule has 1 amide bonds. The summed E-state index contributed by atoms with van der Waals surface area (Å²) in [6.45, 7) is -0.205. The molecule has 2 rings (SSSR count). The van der Waals surface area contributed by atoms with Crippen molar-refractivity contribution in [2.75, 3.05) is 18.5 Å². The summed E-state index contributed by atoms with van der Waals surface area (Å²) in [4.78, 5) is 11.7. The smallest absolute Gasteiger partial charge is 0.422 e. The lowest BCUT2D eigenvalue weighted by Gasteiger charge is -2.13. The largest absolute Gasteiger partial charge is 0.480 e. The molecule has 0 fully saturated rings. The van der Waals surface area contributed by atoms with Gasteiger partial charge in [-0.25, -0.2) is 0 Å². The Labute approximate surface area is 129 Å². The van der Waals surface area contributed by atoms with Gasteiger partial charge in [-0.2, -0.15) is 13.2 Å². The quantitative estimate of drug-likeness (QED) is 0.881. The predicted molar refractivity (Wildman–Crippen MR) is 73.4 cm³/mol. The van der Waals surface area contributed by atoms with Crippen molar-refractivity contribution in [1.82, 2.24) is 5.16 Å². The molecule has 1 aromatic carbocycles. The van der Waals surface area contributed by atoms with Gasteiger partial charge in [0.05, 0.1) is 0 Å². The lowest BCUT2D eigenvalue weighted by atomic mass is 10.3. The van der Waals surface area contributed by atoms with E-state index in [1.807, 2.05) is 0 Å². The minimum Gasteiger partial charge on any atom is -0.480 e. The lowest BCUT2D eigenvalue weighted by Crippen LogP contribution is -2.21. The van der Waals surface area contributed by atoms with Crippen LogP contribution in [0.4, 0.5) is 19.0 Å². The van der Waals surface area contributed by atoms with E-state index in [0.29, 0.717) is 5.76 Å². The van der Waals surface area contributed by atoms with Crippen molar-refractivity contribution < 1.29 is 32.0 Å². The van der Waals surface area contributed by atoms with Crippen LogP contribution in [-0.4, -0.2) is 30.5 Å². The maximum absolute atomic E-state index is 12.2. The Hall–Kier alpha value is -2.71. The highest BCUT2D eigenvalue weighted by Crippen LogP contribution is 2.28. The van der Waals surface area contributed by atoms with Gasteiger partial charge in [-0.05, 0) is 19.1 Å². The van der Waals surface area contributed by atoms with E-state index in [0.717, 1.165) is 0 Å². The fraction of sp³-hybridized carbons (Fsp3) is 0.286. The second-order valence-corrected chi connectivity index (χ2v) is 4.51. The number of carbonyl (C=O) groups excluding carboxylic acids is 1. The SMILES string of the molecule is Cc1cc(NC(=O)COc2ccccc2OCC(F)(F)F)no1. The number of anilines is 1. The number of benzene rings is 1. The summed E-state index contributed by atoms with van der Waals surface area (Å²) in [6, 6.07) is 7.28. The molecule has 0 radical (unpaired) electrons. The molecule has 0 unspecified atom stereocenters. The zero-order chi connectivity index (χ0) is 16.9. The molecular formula is C14H13F3N2O4. The number of aryl methyl sites for hydroxylation is 1. The summed E-state index contributed by atoms with van der Waals surface area (Å²) < 4.78 is 51.2. The molecular weight excluding hydrogens is 317 g/mol. The number of alkyl halides is 3. The van der Waals surface area contributed by atoms with Crippen molar-refractivity contribution in [3.05, 3.63) is 36.1 Å². The number of aromatic nitrogens is 1. The molecule has 6 nitrogen and oxygen atoms in total. The first-order valence-corrected chi connectivity index (χ1v) is 6.48. The number of nitrogens with one attached hydrogen (secondary N) is 1. The van der Waals surface area contributed by atoms with Crippen LogP contribution in [-0.2, 0) is 4.79 Å². The first kappa shape index (κ1) is 16.7. The maximum Gasteiger partial charge on any atom is 0.422 e. The third-order valence-electron chi connectivity index (χ3n) is 2.49. The van der Waals surface area contributed by atoms with Gasteiger partial charge in [0.1, 0.15) is 5.76 Å². The van der Waals surface area contributed by atoms with E-state index in [1.165, 1.54) is 24.3 Å². The minimum absolute atomic E-state index is 0.0308. The van der Waals surface area contributed by atoms with Gasteiger partial charge >= 0.3 is 6.18 Å². The van der Waals surface area contributed by atoms with E-state index in [-0.39, 0.29) is 17.3 Å². The molecule has 1 N–H and O–H groups in total. The van der Waals surface area contributed by atoms with E-state index < -0.39 is 25.3 Å². The number of amides is 1. The summed E-state index contributed by atoms with van der Waals surface area (Å²) in [5.74, 6) is 0.131. The number of nitrogens with zero attached hydrogens (tertiary/aromatic N) is 1. The summed E-state index contributed by atoms with van der Waals surface area (Å²) in [5.41, 5.74) is 0. The van der Waals surface area contributed by atoms with Crippen LogP contribution in [0, 0.1) is 6.92 Å². The molecule has 1 aromatic heterocycles. The van der Waals surface area contributed by atoms with Crippen molar-refractivity contribution in [3.8, 4) is 11.5 Å². The van der Waals surface area contributed by atoms with Crippen LogP contribution in [0.25, 0.3) is 0 Å². The van der Waals surface area contributed by atoms with E-state index in [2.05, 4.69) is 15.2 Å².